The van der Waals surface area contributed by atoms with Gasteiger partial charge in [-0.25, -0.2) is 4.79 Å². The van der Waals surface area contributed by atoms with E-state index in [0.29, 0.717) is 13.2 Å². The van der Waals surface area contributed by atoms with E-state index in [2.05, 4.69) is 12.2 Å². The molecule has 0 aromatic heterocycles. The normalized spacial score (nSPS) is 30.8. The lowest BCUT2D eigenvalue weighted by molar-refractivity contribution is -0.132. The highest BCUT2D eigenvalue weighted by Gasteiger charge is 2.59. The Bertz CT molecular complexity index is 524. The number of anilines is 1. The van der Waals surface area contributed by atoms with E-state index in [4.69, 9.17) is 9.47 Å². The topological polar surface area (TPSA) is 71.0 Å². The molecule has 1 aromatic rings. The van der Waals surface area contributed by atoms with E-state index in [0.717, 1.165) is 18.5 Å². The molecule has 120 valence electrons. The molecule has 6 nitrogen and oxygen atoms in total. The number of cyclic esters (lactones) is 1. The second kappa shape index (κ2) is 6.14. The van der Waals surface area contributed by atoms with Gasteiger partial charge in [0.25, 0.3) is 0 Å². The van der Waals surface area contributed by atoms with Crippen LogP contribution in [0.3, 0.4) is 0 Å². The number of benzene rings is 1. The Morgan fingerprint density at radius 3 is 2.91 bits per heavy atom. The fourth-order valence-corrected chi connectivity index (χ4v) is 3.03. The number of hydrogen-bond acceptors (Lipinski definition) is 5. The van der Waals surface area contributed by atoms with Gasteiger partial charge in [-0.05, 0) is 18.6 Å². The molecular weight excluding hydrogens is 284 g/mol. The first-order valence-electron chi connectivity index (χ1n) is 7.75. The molecule has 0 aliphatic carbocycles. The van der Waals surface area contributed by atoms with Crippen molar-refractivity contribution < 1.29 is 19.4 Å². The largest absolute Gasteiger partial charge is 0.444 e. The zero-order chi connectivity index (χ0) is 15.6. The maximum absolute atomic E-state index is 11.9. The summed E-state index contributed by atoms with van der Waals surface area (Å²) in [5.41, 5.74) is -0.142. The summed E-state index contributed by atoms with van der Waals surface area (Å²) < 4.78 is 11.0. The van der Waals surface area contributed by atoms with Gasteiger partial charge in [-0.15, -0.1) is 0 Å². The lowest BCUT2D eigenvalue weighted by atomic mass is 10.0. The summed E-state index contributed by atoms with van der Waals surface area (Å²) in [6.45, 7) is 2.99. The molecule has 2 heterocycles. The predicted octanol–water partition coefficient (Wildman–Crippen LogP) is 1.81. The molecule has 1 spiro atoms. The minimum atomic E-state index is -1.06. The number of amides is 1. The highest BCUT2D eigenvalue weighted by atomic mass is 16.6. The SMILES string of the molecule is CCCCN1C(=O)OC[C@@]12OC[C@H](Nc1ccccc1)[C@H]2O. The van der Waals surface area contributed by atoms with Crippen LogP contribution in [0.4, 0.5) is 10.5 Å². The second-order valence-electron chi connectivity index (χ2n) is 5.78. The molecule has 0 saturated carbocycles. The van der Waals surface area contributed by atoms with E-state index in [1.54, 1.807) is 0 Å². The standard InChI is InChI=1S/C16H22N2O4/c1-2-3-9-18-15(20)21-11-16(18)14(19)13(10-22-16)17-12-7-5-4-6-8-12/h4-8,13-14,17,19H,2-3,9-11H2,1H3/t13-,14+,16-/m0/s1. The average Bonchev–Trinajstić information content (AvgIpc) is 3.02. The molecule has 1 amide bonds. The van der Waals surface area contributed by atoms with Crippen LogP contribution >= 0.6 is 0 Å². The van der Waals surface area contributed by atoms with Crippen molar-refractivity contribution in [2.45, 2.75) is 37.6 Å². The Labute approximate surface area is 130 Å². The number of carbonyl (C=O) groups is 1. The van der Waals surface area contributed by atoms with Gasteiger partial charge in [0.1, 0.15) is 12.7 Å². The van der Waals surface area contributed by atoms with Crippen molar-refractivity contribution in [2.24, 2.45) is 0 Å². The molecule has 2 aliphatic heterocycles. The van der Waals surface area contributed by atoms with Crippen molar-refractivity contribution in [1.29, 1.82) is 0 Å². The minimum absolute atomic E-state index is 0.0731. The molecule has 0 bridgehead atoms. The number of nitrogens with one attached hydrogen (secondary N) is 1. The first-order chi connectivity index (χ1) is 10.7. The molecule has 2 saturated heterocycles. The zero-order valence-electron chi connectivity index (χ0n) is 12.7. The van der Waals surface area contributed by atoms with Crippen molar-refractivity contribution in [1.82, 2.24) is 4.90 Å². The second-order valence-corrected chi connectivity index (χ2v) is 5.78. The zero-order valence-corrected chi connectivity index (χ0v) is 12.7. The van der Waals surface area contributed by atoms with E-state index in [1.165, 1.54) is 4.90 Å². The van der Waals surface area contributed by atoms with Crippen LogP contribution in [0.15, 0.2) is 30.3 Å². The molecule has 2 N–H and O–H groups in total. The van der Waals surface area contributed by atoms with Crippen LogP contribution in [-0.2, 0) is 9.47 Å². The van der Waals surface area contributed by atoms with Crippen LogP contribution in [0.5, 0.6) is 0 Å². The Balaban J connectivity index is 1.74. The molecule has 0 radical (unpaired) electrons. The van der Waals surface area contributed by atoms with Crippen molar-refractivity contribution >= 4 is 11.8 Å². The smallest absolute Gasteiger partial charge is 0.412 e. The maximum atomic E-state index is 11.9. The van der Waals surface area contributed by atoms with Crippen molar-refractivity contribution in [3.63, 3.8) is 0 Å². The van der Waals surface area contributed by atoms with E-state index < -0.39 is 17.9 Å². The summed E-state index contributed by atoms with van der Waals surface area (Å²) in [5, 5.41) is 14.0. The quantitative estimate of drug-likeness (QED) is 0.868. The fraction of sp³-hybridized carbons (Fsp3) is 0.562. The number of hydrogen-bond donors (Lipinski definition) is 2. The number of nitrogens with zero attached hydrogens (tertiary/aromatic N) is 1. The van der Waals surface area contributed by atoms with Gasteiger partial charge in [0, 0.05) is 12.2 Å². The summed E-state index contributed by atoms with van der Waals surface area (Å²) in [7, 11) is 0. The molecule has 0 unspecified atom stereocenters. The third-order valence-electron chi connectivity index (χ3n) is 4.30. The van der Waals surface area contributed by atoms with Crippen molar-refractivity contribution in [3.8, 4) is 0 Å². The molecular formula is C16H22N2O4. The molecule has 3 atom stereocenters. The summed E-state index contributed by atoms with van der Waals surface area (Å²) >= 11 is 0. The molecule has 2 aliphatic rings. The lowest BCUT2D eigenvalue weighted by Crippen LogP contribution is -2.56. The van der Waals surface area contributed by atoms with Gasteiger partial charge in [0.05, 0.1) is 12.6 Å². The van der Waals surface area contributed by atoms with Gasteiger partial charge >= 0.3 is 6.09 Å². The Morgan fingerprint density at radius 2 is 2.18 bits per heavy atom. The molecule has 2 fully saturated rings. The van der Waals surface area contributed by atoms with Gasteiger partial charge in [-0.2, -0.15) is 0 Å². The monoisotopic (exact) mass is 306 g/mol. The Morgan fingerprint density at radius 1 is 1.41 bits per heavy atom. The van der Waals surface area contributed by atoms with Crippen molar-refractivity contribution in [3.05, 3.63) is 30.3 Å². The molecule has 22 heavy (non-hydrogen) atoms. The highest BCUT2D eigenvalue weighted by molar-refractivity contribution is 5.71. The molecule has 3 rings (SSSR count). The number of aliphatic hydroxyl groups excluding tert-OH is 1. The Kier molecular flexibility index (Phi) is 4.22. The first kappa shape index (κ1) is 15.1. The van der Waals surface area contributed by atoms with Crippen LogP contribution in [0.2, 0.25) is 0 Å². The minimum Gasteiger partial charge on any atom is -0.444 e. The van der Waals surface area contributed by atoms with Gasteiger partial charge in [-0.1, -0.05) is 31.5 Å². The predicted molar refractivity (Wildman–Crippen MR) is 81.5 cm³/mol. The van der Waals surface area contributed by atoms with Gasteiger partial charge in [-0.3, -0.25) is 4.90 Å². The van der Waals surface area contributed by atoms with Crippen LogP contribution in [-0.4, -0.2) is 53.7 Å². The van der Waals surface area contributed by atoms with Gasteiger partial charge < -0.3 is 19.9 Å². The number of ether oxygens (including phenoxy) is 2. The van der Waals surface area contributed by atoms with Gasteiger partial charge in [0.2, 0.25) is 5.72 Å². The van der Waals surface area contributed by atoms with Gasteiger partial charge in [0.15, 0.2) is 0 Å². The molecule has 6 heteroatoms. The fourth-order valence-electron chi connectivity index (χ4n) is 3.03. The van der Waals surface area contributed by atoms with Crippen LogP contribution in [0.25, 0.3) is 0 Å². The van der Waals surface area contributed by atoms with Crippen molar-refractivity contribution in [2.75, 3.05) is 25.1 Å². The highest BCUT2D eigenvalue weighted by Crippen LogP contribution is 2.36. The average molecular weight is 306 g/mol. The summed E-state index contributed by atoms with van der Waals surface area (Å²) in [6.07, 6.45) is 0.564. The molecule has 1 aromatic carbocycles. The van der Waals surface area contributed by atoms with E-state index in [-0.39, 0.29) is 12.6 Å². The number of unbranched alkanes of at least 4 members (excludes halogenated alkanes) is 1. The van der Waals surface area contributed by atoms with E-state index in [1.807, 2.05) is 30.3 Å². The maximum Gasteiger partial charge on any atom is 0.412 e. The Hall–Kier alpha value is -1.79. The van der Waals surface area contributed by atoms with E-state index in [9.17, 15) is 9.90 Å². The van der Waals surface area contributed by atoms with Crippen LogP contribution < -0.4 is 5.32 Å². The number of carbonyl (C=O) groups excluding carboxylic acids is 1. The number of para-hydroxylation sites is 1. The third kappa shape index (κ3) is 2.53. The summed E-state index contributed by atoms with van der Waals surface area (Å²) in [5.74, 6) is 0. The summed E-state index contributed by atoms with van der Waals surface area (Å²) in [4.78, 5) is 13.5. The van der Waals surface area contributed by atoms with Crippen LogP contribution in [0.1, 0.15) is 19.8 Å². The van der Waals surface area contributed by atoms with E-state index >= 15 is 0 Å². The lowest BCUT2D eigenvalue weighted by Gasteiger charge is -2.34. The first-order valence-corrected chi connectivity index (χ1v) is 7.75. The summed E-state index contributed by atoms with van der Waals surface area (Å²) in [6, 6.07) is 9.38. The number of aliphatic hydroxyl groups is 1. The number of rotatable bonds is 5. The van der Waals surface area contributed by atoms with Crippen LogP contribution in [0, 0.1) is 0 Å². The third-order valence-corrected chi connectivity index (χ3v) is 4.30.